The Morgan fingerprint density at radius 2 is 1.78 bits per heavy atom. The van der Waals surface area contributed by atoms with Gasteiger partial charge in [0.2, 0.25) is 5.91 Å². The van der Waals surface area contributed by atoms with Gasteiger partial charge in [0, 0.05) is 0 Å². The van der Waals surface area contributed by atoms with Crippen LogP contribution in [-0.2, 0) is 16.2 Å². The Morgan fingerprint density at radius 3 is 2.59 bits per heavy atom. The van der Waals surface area contributed by atoms with Crippen LogP contribution >= 0.6 is 11.6 Å². The van der Waals surface area contributed by atoms with Crippen molar-refractivity contribution >= 4 is 52.0 Å². The molecule has 8 nitrogen and oxygen atoms in total. The molecule has 0 radical (unpaired) electrons. The second-order valence-electron chi connectivity index (χ2n) is 9.10. The summed E-state index contributed by atoms with van der Waals surface area (Å²) in [5.74, 6) is -1.37. The van der Waals surface area contributed by atoms with Crippen molar-refractivity contribution in [1.29, 1.82) is 0 Å². The molecule has 0 atom stereocenters. The molecule has 4 aromatic carbocycles. The van der Waals surface area contributed by atoms with Crippen LogP contribution in [-0.4, -0.2) is 35.9 Å². The average molecular weight is 574 g/mol. The Hall–Kier alpha value is -4.89. The summed E-state index contributed by atoms with van der Waals surface area (Å²) in [4.78, 5) is 38.5. The van der Waals surface area contributed by atoms with Crippen LogP contribution in [0.2, 0.25) is 5.02 Å². The number of benzene rings is 4. The van der Waals surface area contributed by atoms with Crippen LogP contribution in [0.5, 0.6) is 11.5 Å². The SMILES string of the molecule is CCOc1cc(/C=C2/NC(=O)N(CC(=O)Nc3ccccc3F)C2=O)cc(Cl)c1OCc1cccc2ccccc12. The molecular formula is C31H25ClFN3O5. The standard InChI is InChI=1S/C31H25ClFN3O5/c1-2-40-27-16-19(14-23(32)29(27)41-18-21-10-7-9-20-8-3-4-11-22(20)21)15-26-30(38)36(31(39)35-26)17-28(37)34-25-13-6-5-12-24(25)33/h3-16H,2,17-18H2,1H3,(H,34,37)(H,35,39)/b26-15+. The van der Waals surface area contributed by atoms with E-state index in [1.165, 1.54) is 24.3 Å². The highest BCUT2D eigenvalue weighted by molar-refractivity contribution is 6.32. The molecule has 1 saturated heterocycles. The molecule has 0 aliphatic carbocycles. The van der Waals surface area contributed by atoms with Crippen LogP contribution in [0.3, 0.4) is 0 Å². The maximum absolute atomic E-state index is 13.9. The predicted octanol–water partition coefficient (Wildman–Crippen LogP) is 6.14. The minimum atomic E-state index is -0.781. The van der Waals surface area contributed by atoms with E-state index in [1.807, 2.05) is 49.4 Å². The van der Waals surface area contributed by atoms with Gasteiger partial charge in [-0.2, -0.15) is 0 Å². The molecule has 1 heterocycles. The first-order chi connectivity index (χ1) is 19.8. The van der Waals surface area contributed by atoms with E-state index in [9.17, 15) is 18.8 Å². The molecule has 4 aromatic rings. The van der Waals surface area contributed by atoms with Crippen molar-refractivity contribution in [2.75, 3.05) is 18.5 Å². The van der Waals surface area contributed by atoms with Crippen molar-refractivity contribution in [1.82, 2.24) is 10.2 Å². The Kier molecular flexibility index (Phi) is 8.16. The number of urea groups is 1. The lowest BCUT2D eigenvalue weighted by molar-refractivity contribution is -0.127. The summed E-state index contributed by atoms with van der Waals surface area (Å²) in [7, 11) is 0. The third kappa shape index (κ3) is 6.15. The van der Waals surface area contributed by atoms with Gasteiger partial charge < -0.3 is 20.1 Å². The maximum Gasteiger partial charge on any atom is 0.329 e. The lowest BCUT2D eigenvalue weighted by Crippen LogP contribution is -2.38. The summed E-state index contributed by atoms with van der Waals surface area (Å²) in [5.41, 5.74) is 1.33. The summed E-state index contributed by atoms with van der Waals surface area (Å²) >= 11 is 6.59. The van der Waals surface area contributed by atoms with E-state index >= 15 is 0 Å². The van der Waals surface area contributed by atoms with Gasteiger partial charge in [0.05, 0.1) is 17.3 Å². The molecule has 1 fully saturated rings. The van der Waals surface area contributed by atoms with Crippen molar-refractivity contribution in [2.24, 2.45) is 0 Å². The van der Waals surface area contributed by atoms with Gasteiger partial charge in [-0.05, 0) is 59.2 Å². The lowest BCUT2D eigenvalue weighted by Gasteiger charge is -2.15. The van der Waals surface area contributed by atoms with E-state index in [-0.39, 0.29) is 23.0 Å². The molecule has 4 amide bonds. The maximum atomic E-state index is 13.9. The highest BCUT2D eigenvalue weighted by Crippen LogP contribution is 2.38. The van der Waals surface area contributed by atoms with Crippen molar-refractivity contribution in [3.05, 3.63) is 107 Å². The molecule has 10 heteroatoms. The van der Waals surface area contributed by atoms with E-state index in [1.54, 1.807) is 18.2 Å². The lowest BCUT2D eigenvalue weighted by atomic mass is 10.1. The van der Waals surface area contributed by atoms with Crippen molar-refractivity contribution in [2.45, 2.75) is 13.5 Å². The Bertz CT molecular complexity index is 1680. The van der Waals surface area contributed by atoms with Gasteiger partial charge in [-0.25, -0.2) is 14.1 Å². The van der Waals surface area contributed by atoms with Crippen LogP contribution in [0.15, 0.2) is 84.6 Å². The summed E-state index contributed by atoms with van der Waals surface area (Å²) < 4.78 is 25.7. The molecule has 1 aliphatic rings. The second kappa shape index (κ2) is 12.1. The molecule has 1 aliphatic heterocycles. The van der Waals surface area contributed by atoms with Gasteiger partial charge in [-0.3, -0.25) is 9.59 Å². The molecule has 0 aromatic heterocycles. The van der Waals surface area contributed by atoms with E-state index in [0.29, 0.717) is 23.7 Å². The number of anilines is 1. The molecule has 0 unspecified atom stereocenters. The number of halogens is 2. The van der Waals surface area contributed by atoms with Gasteiger partial charge in [0.1, 0.15) is 24.7 Å². The number of carbonyl (C=O) groups is 3. The zero-order chi connectivity index (χ0) is 28.9. The first-order valence-corrected chi connectivity index (χ1v) is 13.2. The van der Waals surface area contributed by atoms with Gasteiger partial charge in [0.25, 0.3) is 5.91 Å². The number of carbonyl (C=O) groups excluding carboxylic acids is 3. The number of ether oxygens (including phenoxy) is 2. The third-order valence-corrected chi connectivity index (χ3v) is 6.59. The first-order valence-electron chi connectivity index (χ1n) is 12.8. The van der Waals surface area contributed by atoms with E-state index < -0.39 is 30.2 Å². The fourth-order valence-corrected chi connectivity index (χ4v) is 4.69. The molecule has 5 rings (SSSR count). The number of hydrogen-bond donors (Lipinski definition) is 2. The highest BCUT2D eigenvalue weighted by Gasteiger charge is 2.35. The van der Waals surface area contributed by atoms with Crippen molar-refractivity contribution in [3.63, 3.8) is 0 Å². The van der Waals surface area contributed by atoms with E-state index in [0.717, 1.165) is 21.2 Å². The topological polar surface area (TPSA) is 97.0 Å². The number of amides is 4. The minimum absolute atomic E-state index is 0.0545. The molecule has 41 heavy (non-hydrogen) atoms. The molecule has 208 valence electrons. The molecule has 0 bridgehead atoms. The number of nitrogens with one attached hydrogen (secondary N) is 2. The summed E-state index contributed by atoms with van der Waals surface area (Å²) in [5, 5.41) is 7.22. The fraction of sp³-hybridized carbons (Fsp3) is 0.129. The first kappa shape index (κ1) is 27.7. The quantitative estimate of drug-likeness (QED) is 0.185. The average Bonchev–Trinajstić information content (AvgIpc) is 3.21. The molecular weight excluding hydrogens is 549 g/mol. The zero-order valence-corrected chi connectivity index (χ0v) is 22.7. The second-order valence-corrected chi connectivity index (χ2v) is 9.50. The highest BCUT2D eigenvalue weighted by atomic mass is 35.5. The number of rotatable bonds is 9. The zero-order valence-electron chi connectivity index (χ0n) is 21.9. The smallest absolute Gasteiger partial charge is 0.329 e. The molecule has 0 saturated carbocycles. The molecule has 0 spiro atoms. The van der Waals surface area contributed by atoms with Crippen LogP contribution in [0.1, 0.15) is 18.1 Å². The summed E-state index contributed by atoms with van der Waals surface area (Å²) in [6.45, 7) is 1.81. The summed E-state index contributed by atoms with van der Waals surface area (Å²) in [6.07, 6.45) is 1.43. The van der Waals surface area contributed by atoms with Gasteiger partial charge in [-0.1, -0.05) is 66.2 Å². The minimum Gasteiger partial charge on any atom is -0.490 e. The Balaban J connectivity index is 1.33. The van der Waals surface area contributed by atoms with Gasteiger partial charge in [-0.15, -0.1) is 0 Å². The van der Waals surface area contributed by atoms with E-state index in [4.69, 9.17) is 21.1 Å². The van der Waals surface area contributed by atoms with Crippen molar-refractivity contribution < 1.29 is 28.2 Å². The summed E-state index contributed by atoms with van der Waals surface area (Å²) in [6, 6.07) is 22.0. The monoisotopic (exact) mass is 573 g/mol. The predicted molar refractivity (Wildman–Crippen MR) is 154 cm³/mol. The molecule has 2 N–H and O–H groups in total. The Morgan fingerprint density at radius 1 is 1.02 bits per heavy atom. The van der Waals surface area contributed by atoms with Crippen LogP contribution in [0.4, 0.5) is 14.9 Å². The number of hydrogen-bond acceptors (Lipinski definition) is 5. The van der Waals surface area contributed by atoms with E-state index in [2.05, 4.69) is 10.6 Å². The number of nitrogens with zero attached hydrogens (tertiary/aromatic N) is 1. The van der Waals surface area contributed by atoms with Crippen LogP contribution < -0.4 is 20.1 Å². The number of imide groups is 1. The Labute approximate surface area is 240 Å². The van der Waals surface area contributed by atoms with Crippen molar-refractivity contribution in [3.8, 4) is 11.5 Å². The van der Waals surface area contributed by atoms with Gasteiger partial charge >= 0.3 is 6.03 Å². The van der Waals surface area contributed by atoms with Crippen LogP contribution in [0.25, 0.3) is 16.8 Å². The van der Waals surface area contributed by atoms with Crippen LogP contribution in [0, 0.1) is 5.82 Å². The van der Waals surface area contributed by atoms with Gasteiger partial charge in [0.15, 0.2) is 11.5 Å². The number of para-hydroxylation sites is 1. The number of fused-ring (bicyclic) bond motifs is 1. The normalized spacial score (nSPS) is 13.9. The largest absolute Gasteiger partial charge is 0.490 e. The fourth-order valence-electron chi connectivity index (χ4n) is 4.42. The third-order valence-electron chi connectivity index (χ3n) is 6.31.